The number of aromatic nitrogens is 1. The maximum atomic E-state index is 15.0. The summed E-state index contributed by atoms with van der Waals surface area (Å²) in [6, 6.07) is 19.8. The molecule has 196 valence electrons. The van der Waals surface area contributed by atoms with Gasteiger partial charge in [-0.2, -0.15) is 0 Å². The molecule has 0 aliphatic carbocycles. The van der Waals surface area contributed by atoms with Crippen molar-refractivity contribution in [3.8, 4) is 5.75 Å². The molecule has 4 aromatic rings. The van der Waals surface area contributed by atoms with Crippen LogP contribution in [-0.4, -0.2) is 57.5 Å². The second-order valence-corrected chi connectivity index (χ2v) is 10.6. The van der Waals surface area contributed by atoms with Crippen molar-refractivity contribution in [1.29, 1.82) is 0 Å². The minimum Gasteiger partial charge on any atom is -0.495 e. The molecule has 1 aliphatic rings. The molecule has 1 N–H and O–H groups in total. The van der Waals surface area contributed by atoms with E-state index in [9.17, 15) is 13.2 Å². The van der Waals surface area contributed by atoms with Crippen LogP contribution >= 0.6 is 0 Å². The molecule has 10 heteroatoms. The number of benzene rings is 3. The number of fused-ring (bicyclic) bond motifs is 1. The van der Waals surface area contributed by atoms with Gasteiger partial charge in [0.05, 0.1) is 24.0 Å². The van der Waals surface area contributed by atoms with Crippen LogP contribution in [0.15, 0.2) is 83.9 Å². The first kappa shape index (κ1) is 25.5. The number of hydrogen-bond donors (Lipinski definition) is 1. The molecule has 0 bridgehead atoms. The lowest BCUT2D eigenvalue weighted by Gasteiger charge is -2.25. The van der Waals surface area contributed by atoms with Crippen LogP contribution in [0.3, 0.4) is 0 Å². The molecule has 0 unspecified atom stereocenters. The average Bonchev–Trinajstić information content (AvgIpc) is 3.19. The first-order chi connectivity index (χ1) is 18.4. The smallest absolute Gasteiger partial charge is 0.264 e. The van der Waals surface area contributed by atoms with Gasteiger partial charge in [0, 0.05) is 43.3 Å². The zero-order valence-corrected chi connectivity index (χ0v) is 21.6. The van der Waals surface area contributed by atoms with Crippen molar-refractivity contribution < 1.29 is 22.3 Å². The molecule has 8 nitrogen and oxygen atoms in total. The van der Waals surface area contributed by atoms with E-state index in [0.29, 0.717) is 25.0 Å². The van der Waals surface area contributed by atoms with Crippen molar-refractivity contribution in [1.82, 2.24) is 9.88 Å². The van der Waals surface area contributed by atoms with E-state index < -0.39 is 15.8 Å². The Kier molecular flexibility index (Phi) is 7.15. The Hall–Kier alpha value is -4.18. The predicted octanol–water partition coefficient (Wildman–Crippen LogP) is 4.54. The number of sulfonamides is 1. The van der Waals surface area contributed by atoms with Gasteiger partial charge in [0.2, 0.25) is 0 Å². The van der Waals surface area contributed by atoms with Gasteiger partial charge in [-0.25, -0.2) is 12.8 Å². The molecule has 0 atom stereocenters. The highest BCUT2D eigenvalue weighted by Crippen LogP contribution is 2.29. The van der Waals surface area contributed by atoms with Gasteiger partial charge in [-0.1, -0.05) is 30.3 Å². The molecule has 5 rings (SSSR count). The zero-order valence-electron chi connectivity index (χ0n) is 20.8. The van der Waals surface area contributed by atoms with Gasteiger partial charge in [0.15, 0.2) is 0 Å². The quantitative estimate of drug-likeness (QED) is 0.391. The molecule has 1 amide bonds. The van der Waals surface area contributed by atoms with Crippen molar-refractivity contribution in [2.45, 2.75) is 11.3 Å². The fourth-order valence-electron chi connectivity index (χ4n) is 4.66. The maximum Gasteiger partial charge on any atom is 0.264 e. The molecule has 38 heavy (non-hydrogen) atoms. The van der Waals surface area contributed by atoms with Crippen molar-refractivity contribution >= 4 is 38.2 Å². The van der Waals surface area contributed by atoms with Gasteiger partial charge in [0.1, 0.15) is 16.5 Å². The highest BCUT2D eigenvalue weighted by atomic mass is 32.2. The van der Waals surface area contributed by atoms with Gasteiger partial charge in [-0.05, 0) is 48.9 Å². The summed E-state index contributed by atoms with van der Waals surface area (Å²) in [5, 5.41) is 0.651. The lowest BCUT2D eigenvalue weighted by molar-refractivity contribution is 0.0766. The second-order valence-electron chi connectivity index (χ2n) is 8.94. The molecule has 1 aromatic heterocycles. The Bertz CT molecular complexity index is 1590. The summed E-state index contributed by atoms with van der Waals surface area (Å²) in [5.74, 6) is -0.372. The average molecular weight is 535 g/mol. The van der Waals surface area contributed by atoms with E-state index in [1.807, 2.05) is 24.3 Å². The number of nitrogens with one attached hydrogen (secondary N) is 1. The summed E-state index contributed by atoms with van der Waals surface area (Å²) >= 11 is 0. The van der Waals surface area contributed by atoms with Crippen LogP contribution in [0.4, 0.5) is 15.8 Å². The van der Waals surface area contributed by atoms with Crippen LogP contribution in [-0.2, 0) is 10.0 Å². The van der Waals surface area contributed by atoms with E-state index in [-0.39, 0.29) is 27.6 Å². The molecule has 1 aliphatic heterocycles. The molecular formula is C28H27FN4O4S. The van der Waals surface area contributed by atoms with E-state index in [4.69, 9.17) is 4.74 Å². The van der Waals surface area contributed by atoms with Crippen LogP contribution in [0.25, 0.3) is 10.9 Å². The number of carbonyl (C=O) groups is 1. The molecule has 0 saturated carbocycles. The first-order valence-corrected chi connectivity index (χ1v) is 13.7. The number of anilines is 2. The summed E-state index contributed by atoms with van der Waals surface area (Å²) in [4.78, 5) is 21.2. The highest BCUT2D eigenvalue weighted by Gasteiger charge is 2.24. The Balaban J connectivity index is 1.31. The maximum absolute atomic E-state index is 15.0. The number of amides is 1. The van der Waals surface area contributed by atoms with Crippen LogP contribution < -0.4 is 14.4 Å². The first-order valence-electron chi connectivity index (χ1n) is 12.2. The summed E-state index contributed by atoms with van der Waals surface area (Å²) in [6.45, 7) is 2.34. The van der Waals surface area contributed by atoms with E-state index in [2.05, 4.69) is 14.6 Å². The second kappa shape index (κ2) is 10.7. The summed E-state index contributed by atoms with van der Waals surface area (Å²) in [7, 11) is -2.49. The number of ether oxygens (including phenoxy) is 1. The molecule has 0 radical (unpaired) electrons. The van der Waals surface area contributed by atoms with Gasteiger partial charge >= 0.3 is 0 Å². The van der Waals surface area contributed by atoms with E-state index >= 15 is 4.39 Å². The minimum absolute atomic E-state index is 0.0562. The lowest BCUT2D eigenvalue weighted by atomic mass is 10.1. The molecule has 2 heterocycles. The zero-order chi connectivity index (χ0) is 26.7. The lowest BCUT2D eigenvalue weighted by Crippen LogP contribution is -2.35. The fraction of sp³-hybridized carbons (Fsp3) is 0.214. The standard InChI is InChI=1S/C28H27FN4O4S/c1-37-25-10-3-2-9-24(25)32-15-6-16-33(18-17-32)28(34)21-12-13-23(22(29)19-21)31-38(35,36)26-11-4-7-20-8-5-14-30-27(20)26/h2-5,7-14,19,31H,6,15-18H2,1H3. The molecule has 1 saturated heterocycles. The van der Waals surface area contributed by atoms with Crippen LogP contribution in [0, 0.1) is 5.82 Å². The summed E-state index contributed by atoms with van der Waals surface area (Å²) < 4.78 is 48.9. The topological polar surface area (TPSA) is 91.8 Å². The molecule has 1 fully saturated rings. The van der Waals surface area contributed by atoms with Crippen molar-refractivity contribution in [2.75, 3.05) is 42.9 Å². The van der Waals surface area contributed by atoms with Crippen molar-refractivity contribution in [3.63, 3.8) is 0 Å². The molecule has 3 aromatic carbocycles. The Morgan fingerprint density at radius 1 is 0.974 bits per heavy atom. The van der Waals surface area contributed by atoms with Crippen LogP contribution in [0.1, 0.15) is 16.8 Å². The van der Waals surface area contributed by atoms with E-state index in [0.717, 1.165) is 30.5 Å². The molecular weight excluding hydrogens is 507 g/mol. The summed E-state index contributed by atoms with van der Waals surface area (Å²) in [6.07, 6.45) is 2.24. The number of nitrogens with zero attached hydrogens (tertiary/aromatic N) is 3. The predicted molar refractivity (Wildman–Crippen MR) is 145 cm³/mol. The van der Waals surface area contributed by atoms with E-state index in [1.54, 1.807) is 36.3 Å². The van der Waals surface area contributed by atoms with Gasteiger partial charge in [-0.15, -0.1) is 0 Å². The third kappa shape index (κ3) is 5.12. The Morgan fingerprint density at radius 2 is 1.79 bits per heavy atom. The third-order valence-electron chi connectivity index (χ3n) is 6.55. The van der Waals surface area contributed by atoms with Crippen molar-refractivity contribution in [3.05, 3.63) is 90.4 Å². The fourth-order valence-corrected chi connectivity index (χ4v) is 5.91. The monoisotopic (exact) mass is 534 g/mol. The Morgan fingerprint density at radius 3 is 2.61 bits per heavy atom. The Labute approximate surface area is 220 Å². The molecule has 0 spiro atoms. The number of para-hydroxylation sites is 3. The normalized spacial score (nSPS) is 14.3. The SMILES string of the molecule is COc1ccccc1N1CCCN(C(=O)c2ccc(NS(=O)(=O)c3cccc4cccnc34)c(F)c2)CC1. The minimum atomic E-state index is -4.12. The number of rotatable bonds is 6. The van der Waals surface area contributed by atoms with Gasteiger partial charge in [0.25, 0.3) is 15.9 Å². The van der Waals surface area contributed by atoms with Crippen LogP contribution in [0.5, 0.6) is 5.75 Å². The van der Waals surface area contributed by atoms with Crippen molar-refractivity contribution in [2.24, 2.45) is 0 Å². The number of carbonyl (C=O) groups excluding carboxylic acids is 1. The summed E-state index contributed by atoms with van der Waals surface area (Å²) in [5.41, 5.74) is 1.17. The van der Waals surface area contributed by atoms with Gasteiger partial charge in [-0.3, -0.25) is 14.5 Å². The number of hydrogen-bond acceptors (Lipinski definition) is 6. The van der Waals surface area contributed by atoms with Crippen LogP contribution in [0.2, 0.25) is 0 Å². The largest absolute Gasteiger partial charge is 0.495 e. The van der Waals surface area contributed by atoms with E-state index in [1.165, 1.54) is 24.4 Å². The third-order valence-corrected chi connectivity index (χ3v) is 7.95. The highest BCUT2D eigenvalue weighted by molar-refractivity contribution is 7.93. The number of halogens is 1. The number of methoxy groups -OCH3 is 1. The van der Waals surface area contributed by atoms with Gasteiger partial charge < -0.3 is 14.5 Å². The number of pyridine rings is 1.